The zero-order valence-electron chi connectivity index (χ0n) is 16.4. The van der Waals surface area contributed by atoms with Gasteiger partial charge in [0, 0.05) is 23.7 Å². The molecule has 30 heavy (non-hydrogen) atoms. The van der Waals surface area contributed by atoms with Crippen LogP contribution in [0, 0.1) is 10.1 Å². The molecule has 0 heterocycles. The highest BCUT2D eigenvalue weighted by atomic mass is 79.9. The van der Waals surface area contributed by atoms with Crippen molar-refractivity contribution in [2.75, 3.05) is 11.9 Å². The van der Waals surface area contributed by atoms with Crippen molar-refractivity contribution in [1.82, 2.24) is 0 Å². The maximum atomic E-state index is 12.8. The largest absolute Gasteiger partial charge is 0.494 e. The quantitative estimate of drug-likeness (QED) is 0.230. The van der Waals surface area contributed by atoms with Crippen LogP contribution in [-0.2, 0) is 0 Å². The molecule has 0 aliphatic carbocycles. The second-order valence-electron chi connectivity index (χ2n) is 6.62. The fourth-order valence-electron chi connectivity index (χ4n) is 3.08. The number of hydrogen-bond acceptors (Lipinski definition) is 5. The minimum absolute atomic E-state index is 0.0434. The Morgan fingerprint density at radius 1 is 1.10 bits per heavy atom. The Bertz CT molecular complexity index is 1020. The summed E-state index contributed by atoms with van der Waals surface area (Å²) in [4.78, 5) is 23.8. The number of nitrogens with zero attached hydrogens (tertiary/aromatic N) is 1. The van der Waals surface area contributed by atoms with Gasteiger partial charge in [0.25, 0.3) is 5.69 Å². The molecule has 1 atom stereocenters. The van der Waals surface area contributed by atoms with Gasteiger partial charge in [-0.25, -0.2) is 0 Å². The topological polar surface area (TPSA) is 81.5 Å². The van der Waals surface area contributed by atoms with Gasteiger partial charge in [-0.3, -0.25) is 14.9 Å². The highest BCUT2D eigenvalue weighted by Gasteiger charge is 2.21. The van der Waals surface area contributed by atoms with Gasteiger partial charge in [-0.05, 0) is 58.7 Å². The molecule has 0 spiro atoms. The molecule has 0 aliphatic heterocycles. The van der Waals surface area contributed by atoms with Crippen LogP contribution >= 0.6 is 15.9 Å². The number of Topliss-reactive ketones (excluding diaryl/α,β-unsaturated/α-hetero) is 1. The third-order valence-electron chi connectivity index (χ3n) is 4.56. The SMILES string of the molecule is CCOc1ccc(NC(CC(=O)c2ccccc2)c2ccc(Br)c([N+](=O)[O-])c2)cc1. The van der Waals surface area contributed by atoms with E-state index in [1.807, 2.05) is 49.4 Å². The first-order chi connectivity index (χ1) is 14.5. The Labute approximate surface area is 183 Å². The molecule has 0 bridgehead atoms. The maximum absolute atomic E-state index is 12.8. The summed E-state index contributed by atoms with van der Waals surface area (Å²) in [5.74, 6) is 0.698. The zero-order chi connectivity index (χ0) is 21.5. The van der Waals surface area contributed by atoms with E-state index in [-0.39, 0.29) is 17.9 Å². The Morgan fingerprint density at radius 3 is 2.43 bits per heavy atom. The third kappa shape index (κ3) is 5.45. The van der Waals surface area contributed by atoms with E-state index < -0.39 is 11.0 Å². The first kappa shape index (κ1) is 21.5. The Kier molecular flexibility index (Phi) is 7.19. The monoisotopic (exact) mass is 468 g/mol. The number of carbonyl (C=O) groups excluding carboxylic acids is 1. The lowest BCUT2D eigenvalue weighted by Crippen LogP contribution is -2.16. The van der Waals surface area contributed by atoms with Crippen molar-refractivity contribution in [3.8, 4) is 5.75 Å². The molecule has 6 nitrogen and oxygen atoms in total. The number of anilines is 1. The predicted molar refractivity (Wildman–Crippen MR) is 120 cm³/mol. The Balaban J connectivity index is 1.91. The lowest BCUT2D eigenvalue weighted by molar-refractivity contribution is -0.385. The summed E-state index contributed by atoms with van der Waals surface area (Å²) < 4.78 is 5.86. The van der Waals surface area contributed by atoms with Gasteiger partial charge in [-0.1, -0.05) is 36.4 Å². The van der Waals surface area contributed by atoms with E-state index in [1.54, 1.807) is 24.3 Å². The van der Waals surface area contributed by atoms with Crippen LogP contribution in [0.4, 0.5) is 11.4 Å². The van der Waals surface area contributed by atoms with Crippen LogP contribution in [0.15, 0.2) is 77.3 Å². The molecule has 0 aliphatic rings. The van der Waals surface area contributed by atoms with Crippen molar-refractivity contribution in [2.45, 2.75) is 19.4 Å². The van der Waals surface area contributed by atoms with Crippen molar-refractivity contribution >= 4 is 33.1 Å². The Hall–Kier alpha value is -3.19. The van der Waals surface area contributed by atoms with E-state index in [4.69, 9.17) is 4.74 Å². The molecular weight excluding hydrogens is 448 g/mol. The minimum atomic E-state index is -0.444. The van der Waals surface area contributed by atoms with Crippen LogP contribution < -0.4 is 10.1 Å². The number of ketones is 1. The van der Waals surface area contributed by atoms with E-state index in [9.17, 15) is 14.9 Å². The first-order valence-electron chi connectivity index (χ1n) is 9.49. The molecule has 3 rings (SSSR count). The van der Waals surface area contributed by atoms with Gasteiger partial charge in [0.1, 0.15) is 5.75 Å². The fraction of sp³-hybridized carbons (Fsp3) is 0.174. The number of rotatable bonds is 9. The summed E-state index contributed by atoms with van der Waals surface area (Å²) in [5.41, 5.74) is 2.00. The smallest absolute Gasteiger partial charge is 0.283 e. The molecule has 3 aromatic carbocycles. The van der Waals surface area contributed by atoms with Crippen LogP contribution in [0.1, 0.15) is 35.3 Å². The number of nitro groups is 1. The molecule has 3 aromatic rings. The van der Waals surface area contributed by atoms with Crippen molar-refractivity contribution in [1.29, 1.82) is 0 Å². The van der Waals surface area contributed by atoms with Gasteiger partial charge < -0.3 is 10.1 Å². The molecule has 1 N–H and O–H groups in total. The summed E-state index contributed by atoms with van der Waals surface area (Å²) in [6, 6.07) is 20.9. The first-order valence-corrected chi connectivity index (χ1v) is 10.3. The summed E-state index contributed by atoms with van der Waals surface area (Å²) in [6.07, 6.45) is 0.149. The molecule has 1 unspecified atom stereocenters. The molecule has 0 amide bonds. The number of nitro benzene ring substituents is 1. The number of benzene rings is 3. The van der Waals surface area contributed by atoms with E-state index in [0.29, 0.717) is 22.2 Å². The average Bonchev–Trinajstić information content (AvgIpc) is 2.75. The van der Waals surface area contributed by atoms with Gasteiger partial charge in [-0.2, -0.15) is 0 Å². The summed E-state index contributed by atoms with van der Waals surface area (Å²) in [5, 5.41) is 14.7. The van der Waals surface area contributed by atoms with Crippen LogP contribution in [0.5, 0.6) is 5.75 Å². The maximum Gasteiger partial charge on any atom is 0.283 e. The van der Waals surface area contributed by atoms with Crippen LogP contribution in [0.3, 0.4) is 0 Å². The number of ether oxygens (including phenoxy) is 1. The van der Waals surface area contributed by atoms with Crippen LogP contribution in [0.2, 0.25) is 0 Å². The highest BCUT2D eigenvalue weighted by Crippen LogP contribution is 2.32. The lowest BCUT2D eigenvalue weighted by Gasteiger charge is -2.20. The van der Waals surface area contributed by atoms with Crippen molar-refractivity contribution in [3.05, 3.63) is 98.5 Å². The van der Waals surface area contributed by atoms with E-state index >= 15 is 0 Å². The van der Waals surface area contributed by atoms with Gasteiger partial charge >= 0.3 is 0 Å². The summed E-state index contributed by atoms with van der Waals surface area (Å²) in [6.45, 7) is 2.49. The number of hydrogen-bond donors (Lipinski definition) is 1. The predicted octanol–water partition coefficient (Wildman–Crippen LogP) is 6.18. The van der Waals surface area contributed by atoms with Crippen molar-refractivity contribution in [2.24, 2.45) is 0 Å². The van der Waals surface area contributed by atoms with E-state index in [0.717, 1.165) is 11.4 Å². The average molecular weight is 469 g/mol. The molecular formula is C23H21BrN2O4. The van der Waals surface area contributed by atoms with Gasteiger partial charge in [-0.15, -0.1) is 0 Å². The molecule has 7 heteroatoms. The lowest BCUT2D eigenvalue weighted by atomic mass is 9.97. The molecule has 0 aromatic heterocycles. The Morgan fingerprint density at radius 2 is 1.80 bits per heavy atom. The third-order valence-corrected chi connectivity index (χ3v) is 5.23. The van der Waals surface area contributed by atoms with Crippen LogP contribution in [-0.4, -0.2) is 17.3 Å². The van der Waals surface area contributed by atoms with Gasteiger partial charge in [0.2, 0.25) is 0 Å². The van der Waals surface area contributed by atoms with Crippen molar-refractivity contribution < 1.29 is 14.5 Å². The standard InChI is InChI=1S/C23H21BrN2O4/c1-2-30-19-11-9-18(10-12-19)25-21(15-23(27)16-6-4-3-5-7-16)17-8-13-20(24)22(14-17)26(28)29/h3-14,21,25H,2,15H2,1H3. The summed E-state index contributed by atoms with van der Waals surface area (Å²) in [7, 11) is 0. The summed E-state index contributed by atoms with van der Waals surface area (Å²) >= 11 is 3.21. The molecule has 0 saturated carbocycles. The van der Waals surface area contributed by atoms with Crippen LogP contribution in [0.25, 0.3) is 0 Å². The zero-order valence-corrected chi connectivity index (χ0v) is 18.0. The minimum Gasteiger partial charge on any atom is -0.494 e. The molecule has 0 saturated heterocycles. The number of carbonyl (C=O) groups is 1. The normalized spacial score (nSPS) is 11.5. The van der Waals surface area contributed by atoms with Gasteiger partial charge in [0.15, 0.2) is 5.78 Å². The second kappa shape index (κ2) is 10.0. The van der Waals surface area contributed by atoms with Gasteiger partial charge in [0.05, 0.1) is 22.0 Å². The van der Waals surface area contributed by atoms with Crippen molar-refractivity contribution in [3.63, 3.8) is 0 Å². The van der Waals surface area contributed by atoms with E-state index in [2.05, 4.69) is 21.2 Å². The molecule has 154 valence electrons. The molecule has 0 fully saturated rings. The second-order valence-corrected chi connectivity index (χ2v) is 7.47. The highest BCUT2D eigenvalue weighted by molar-refractivity contribution is 9.10. The number of halogens is 1. The fourth-order valence-corrected chi connectivity index (χ4v) is 3.47. The van der Waals surface area contributed by atoms with E-state index in [1.165, 1.54) is 6.07 Å². The molecule has 0 radical (unpaired) electrons. The number of nitrogens with one attached hydrogen (secondary N) is 1.